The summed E-state index contributed by atoms with van der Waals surface area (Å²) in [5, 5.41) is 4.99. The molecule has 1 fully saturated rings. The molecule has 1 saturated carbocycles. The van der Waals surface area contributed by atoms with Crippen LogP contribution in [0, 0.1) is 0 Å². The van der Waals surface area contributed by atoms with Gasteiger partial charge in [-0.15, -0.1) is 0 Å². The maximum Gasteiger partial charge on any atom is 0.175 e. The van der Waals surface area contributed by atoms with E-state index in [-0.39, 0.29) is 5.60 Å². The number of methoxy groups -OCH3 is 1. The van der Waals surface area contributed by atoms with Crippen molar-refractivity contribution >= 4 is 29.0 Å². The van der Waals surface area contributed by atoms with E-state index >= 15 is 0 Å². The smallest absolute Gasteiger partial charge is 0.175 e. The van der Waals surface area contributed by atoms with E-state index in [0.717, 1.165) is 30.4 Å². The van der Waals surface area contributed by atoms with Gasteiger partial charge in [0, 0.05) is 24.1 Å². The van der Waals surface area contributed by atoms with E-state index in [2.05, 4.69) is 5.16 Å². The van der Waals surface area contributed by atoms with Gasteiger partial charge in [0.2, 0.25) is 0 Å². The minimum Gasteiger partial charge on any atom is -0.380 e. The molecular formula is C15H16Cl2N2O2. The van der Waals surface area contributed by atoms with Crippen LogP contribution in [0.2, 0.25) is 10.0 Å². The van der Waals surface area contributed by atoms with Crippen LogP contribution in [0.5, 0.6) is 0 Å². The molecule has 1 aromatic carbocycles. The van der Waals surface area contributed by atoms with Crippen molar-refractivity contribution in [1.82, 2.24) is 5.16 Å². The van der Waals surface area contributed by atoms with E-state index in [1.807, 2.05) is 6.07 Å². The molecule has 0 unspecified atom stereocenters. The highest BCUT2D eigenvalue weighted by molar-refractivity contribution is 6.36. The molecule has 0 spiro atoms. The summed E-state index contributed by atoms with van der Waals surface area (Å²) < 4.78 is 11.1. The molecule has 112 valence electrons. The highest BCUT2D eigenvalue weighted by atomic mass is 35.5. The van der Waals surface area contributed by atoms with Gasteiger partial charge in [-0.1, -0.05) is 34.4 Å². The van der Waals surface area contributed by atoms with Crippen molar-refractivity contribution in [3.05, 3.63) is 34.0 Å². The minimum atomic E-state index is -0.167. The predicted molar refractivity (Wildman–Crippen MR) is 83.7 cm³/mol. The van der Waals surface area contributed by atoms with Crippen LogP contribution in [-0.4, -0.2) is 17.9 Å². The summed E-state index contributed by atoms with van der Waals surface area (Å²) in [6.45, 7) is 0. The molecule has 1 heterocycles. The Morgan fingerprint density at radius 2 is 2.14 bits per heavy atom. The largest absolute Gasteiger partial charge is 0.380 e. The summed E-state index contributed by atoms with van der Waals surface area (Å²) in [6, 6.07) is 5.29. The molecule has 0 bridgehead atoms. The molecule has 1 aliphatic carbocycles. The van der Waals surface area contributed by atoms with Crippen LogP contribution in [-0.2, 0) is 11.2 Å². The number of halogens is 2. The zero-order chi connectivity index (χ0) is 15.0. The summed E-state index contributed by atoms with van der Waals surface area (Å²) in [6.07, 6.45) is 3.83. The topological polar surface area (TPSA) is 61.3 Å². The van der Waals surface area contributed by atoms with E-state index in [9.17, 15) is 0 Å². The molecule has 0 atom stereocenters. The number of nitrogens with two attached hydrogens (primary N) is 1. The molecule has 4 nitrogen and oxygen atoms in total. The van der Waals surface area contributed by atoms with Gasteiger partial charge in [0.15, 0.2) is 5.82 Å². The summed E-state index contributed by atoms with van der Waals surface area (Å²) in [5.74, 6) is 1.04. The van der Waals surface area contributed by atoms with Gasteiger partial charge in [0.1, 0.15) is 5.76 Å². The van der Waals surface area contributed by atoms with Crippen molar-refractivity contribution in [3.63, 3.8) is 0 Å². The van der Waals surface area contributed by atoms with Crippen LogP contribution in [0.1, 0.15) is 25.0 Å². The Balaban J connectivity index is 2.01. The van der Waals surface area contributed by atoms with Gasteiger partial charge < -0.3 is 15.0 Å². The fourth-order valence-corrected chi connectivity index (χ4v) is 3.26. The zero-order valence-electron chi connectivity index (χ0n) is 11.7. The second kappa shape index (κ2) is 5.52. The van der Waals surface area contributed by atoms with E-state index < -0.39 is 0 Å². The number of nitrogen functional groups attached to an aromatic ring is 1. The van der Waals surface area contributed by atoms with E-state index in [1.54, 1.807) is 19.2 Å². The van der Waals surface area contributed by atoms with Crippen LogP contribution < -0.4 is 5.73 Å². The van der Waals surface area contributed by atoms with E-state index in [4.69, 9.17) is 38.2 Å². The normalized spacial score (nSPS) is 16.7. The minimum absolute atomic E-state index is 0.167. The van der Waals surface area contributed by atoms with Crippen molar-refractivity contribution in [2.24, 2.45) is 0 Å². The van der Waals surface area contributed by atoms with Gasteiger partial charge in [-0.25, -0.2) is 0 Å². The third-order valence-corrected chi connectivity index (χ3v) is 4.72. The van der Waals surface area contributed by atoms with Crippen molar-refractivity contribution in [1.29, 1.82) is 0 Å². The van der Waals surface area contributed by atoms with Crippen LogP contribution >= 0.6 is 23.2 Å². The number of anilines is 1. The molecule has 0 radical (unpaired) electrons. The first-order valence-electron chi connectivity index (χ1n) is 6.79. The zero-order valence-corrected chi connectivity index (χ0v) is 13.2. The fourth-order valence-electron chi connectivity index (χ4n) is 2.76. The molecule has 0 saturated heterocycles. The fraction of sp³-hybridized carbons (Fsp3) is 0.400. The first-order chi connectivity index (χ1) is 10.0. The molecule has 1 aliphatic rings. The van der Waals surface area contributed by atoms with Crippen LogP contribution in [0.15, 0.2) is 22.7 Å². The predicted octanol–water partition coefficient (Wildman–Crippen LogP) is 4.34. The average Bonchev–Trinajstić information content (AvgIpc) is 2.75. The first-order valence-corrected chi connectivity index (χ1v) is 7.55. The van der Waals surface area contributed by atoms with Crippen LogP contribution in [0.3, 0.4) is 0 Å². The lowest BCUT2D eigenvalue weighted by molar-refractivity contribution is -0.0742. The number of nitrogens with zero attached hydrogens (tertiary/aromatic N) is 1. The molecule has 3 rings (SSSR count). The van der Waals surface area contributed by atoms with Gasteiger partial charge in [0.05, 0.1) is 16.2 Å². The highest BCUT2D eigenvalue weighted by Gasteiger charge is 2.39. The molecule has 21 heavy (non-hydrogen) atoms. The summed E-state index contributed by atoms with van der Waals surface area (Å²) in [5.41, 5.74) is 7.31. The van der Waals surface area contributed by atoms with Gasteiger partial charge in [-0.3, -0.25) is 0 Å². The Kier molecular flexibility index (Phi) is 3.86. The summed E-state index contributed by atoms with van der Waals surface area (Å²) in [4.78, 5) is 0. The van der Waals surface area contributed by atoms with Gasteiger partial charge in [-0.2, -0.15) is 0 Å². The summed E-state index contributed by atoms with van der Waals surface area (Å²) >= 11 is 12.2. The number of aromatic nitrogens is 1. The molecule has 2 aromatic rings. The van der Waals surface area contributed by atoms with Crippen molar-refractivity contribution in [2.75, 3.05) is 12.8 Å². The maximum atomic E-state index is 6.28. The lowest BCUT2D eigenvalue weighted by Crippen LogP contribution is -2.41. The van der Waals surface area contributed by atoms with E-state index in [1.165, 1.54) is 0 Å². The van der Waals surface area contributed by atoms with Gasteiger partial charge in [-0.05, 0) is 31.4 Å². The van der Waals surface area contributed by atoms with Gasteiger partial charge in [0.25, 0.3) is 0 Å². The second-order valence-corrected chi connectivity index (χ2v) is 6.25. The third kappa shape index (κ3) is 2.63. The van der Waals surface area contributed by atoms with E-state index in [0.29, 0.717) is 28.0 Å². The monoisotopic (exact) mass is 326 g/mol. The Morgan fingerprint density at radius 3 is 2.71 bits per heavy atom. The maximum absolute atomic E-state index is 6.28. The third-order valence-electron chi connectivity index (χ3n) is 4.17. The average molecular weight is 327 g/mol. The first kappa shape index (κ1) is 14.7. The molecule has 2 N–H and O–H groups in total. The summed E-state index contributed by atoms with van der Waals surface area (Å²) in [7, 11) is 1.73. The number of hydrogen-bond acceptors (Lipinski definition) is 4. The quantitative estimate of drug-likeness (QED) is 0.907. The van der Waals surface area contributed by atoms with Gasteiger partial charge >= 0.3 is 0 Å². The molecule has 0 amide bonds. The van der Waals surface area contributed by atoms with Crippen molar-refractivity contribution in [2.45, 2.75) is 31.3 Å². The standard InChI is InChI=1S/C15H16Cl2N2O2/c1-20-15(5-2-6-15)8-12-13(14(18)19-21-12)10-4-3-9(16)7-11(10)17/h3-4,7H,2,5-6,8H2,1H3,(H2,18,19). The number of hydrogen-bond donors (Lipinski definition) is 1. The molecular weight excluding hydrogens is 311 g/mol. The van der Waals surface area contributed by atoms with Crippen LogP contribution in [0.25, 0.3) is 11.1 Å². The Labute approximate surface area is 133 Å². The second-order valence-electron chi connectivity index (χ2n) is 5.41. The SMILES string of the molecule is COC1(Cc2onc(N)c2-c2ccc(Cl)cc2Cl)CCC1. The Morgan fingerprint density at radius 1 is 1.38 bits per heavy atom. The van der Waals surface area contributed by atoms with Crippen LogP contribution in [0.4, 0.5) is 5.82 Å². The molecule has 1 aromatic heterocycles. The molecule has 6 heteroatoms. The Bertz CT molecular complexity index is 660. The Hall–Kier alpha value is -1.23. The number of ether oxygens (including phenoxy) is 1. The number of benzene rings is 1. The molecule has 0 aliphatic heterocycles. The highest BCUT2D eigenvalue weighted by Crippen LogP contribution is 2.42. The van der Waals surface area contributed by atoms with Crippen molar-refractivity contribution in [3.8, 4) is 11.1 Å². The van der Waals surface area contributed by atoms with Crippen molar-refractivity contribution < 1.29 is 9.26 Å². The lowest BCUT2D eigenvalue weighted by atomic mass is 9.76. The lowest BCUT2D eigenvalue weighted by Gasteiger charge is -2.39. The number of rotatable bonds is 4.